The number of nitrogens with zero attached hydrogens (tertiary/aromatic N) is 20. The number of carbonyl (C=O) groups is 4. The predicted molar refractivity (Wildman–Crippen MR) is 516 cm³/mol. The van der Waals surface area contributed by atoms with Gasteiger partial charge in [-0.15, -0.1) is 0 Å². The smallest absolute Gasteiger partial charge is 0.306 e. The van der Waals surface area contributed by atoms with Crippen LogP contribution in [0.1, 0.15) is 160 Å². The van der Waals surface area contributed by atoms with Gasteiger partial charge < -0.3 is 25.0 Å². The molecule has 4 aromatic carbocycles. The summed E-state index contributed by atoms with van der Waals surface area (Å²) in [6, 6.07) is 49.2. The molecule has 20 aromatic rings. The van der Waals surface area contributed by atoms with E-state index in [9.17, 15) is 39.6 Å². The van der Waals surface area contributed by atoms with Crippen LogP contribution in [0.3, 0.4) is 0 Å². The van der Waals surface area contributed by atoms with E-state index < -0.39 is 23.9 Å². The fourth-order valence-electron chi connectivity index (χ4n) is 20.8. The third-order valence-electron chi connectivity index (χ3n) is 28.3. The van der Waals surface area contributed by atoms with Crippen LogP contribution in [0.15, 0.2) is 201 Å². The Bertz CT molecular complexity index is 7890. The molecule has 4 saturated carbocycles. The normalized spacial score (nSPS) is 18.6. The molecule has 0 atom stereocenters. The number of nitrogens with one attached hydrogen (secondary N) is 4. The Morgan fingerprint density at radius 1 is 0.324 bits per heavy atom. The van der Waals surface area contributed by atoms with Crippen molar-refractivity contribution < 1.29 is 39.6 Å². The Balaban J connectivity index is 0.000000109. The van der Waals surface area contributed by atoms with Gasteiger partial charge in [0.15, 0.2) is 45.2 Å². The van der Waals surface area contributed by atoms with Gasteiger partial charge in [-0.1, -0.05) is 115 Å². The standard InChI is InChI=1S/C27H26N6O2.C26H27N7O2.C26H24N6O2.C25H23N5O2/c1-16-24-23(13-17-7-9-19(10-8-17)27(34)35)30-25-21(15-29-33(25)26(24)32-31-16)20-11-12-22(28-14-20)18-5-3-2-4-6-18;1-15-23-22(11-16-3-5-17(6-4-16)26(34)35)29-24-20(13-28-33(24)25(23)31-30-15)18-7-8-21(27-12-18)19-9-10-32(2)14-19;1-15-22-23(17-7-9-18(10-8-17)26(33)34)29-24-20(14-28-32(24)25(22)31-30-15)19-11-12-21(27-13-19)16-5-3-2-4-6-16;1-14-21-22(16-7-9-17(10-8-16)25(31)32)27-23-20(13-26-30(23)24(21)29-28-14)19-11-6-15-4-2-3-5-18(15)12-19/h2-6,11-12,14-15,17,19H,7-10,13H2,1H3,(H,31,32)(H,34,35);7-10,12-14,16-17H,3-6,11H2,1-2H3,(H,30,31)(H,34,35);2-6,11-14,17-18H,7-10H2,1H3,(H,30,31)(H,33,34);2-6,11-13,16-17H,7-10H2,1H3,(H,28,29)(H,31,32). The van der Waals surface area contributed by atoms with Crippen LogP contribution < -0.4 is 0 Å². The lowest BCUT2D eigenvalue weighted by atomic mass is 9.79. The van der Waals surface area contributed by atoms with Gasteiger partial charge in [-0.25, -0.2) is 19.9 Å². The van der Waals surface area contributed by atoms with Crippen molar-refractivity contribution >= 4 is 101 Å². The number of carboxylic acid groups (broad SMARTS) is 4. The fourth-order valence-corrected chi connectivity index (χ4v) is 20.8. The van der Waals surface area contributed by atoms with Crippen LogP contribution in [-0.2, 0) is 39.1 Å². The molecular formula is C104H100N24O8. The average Bonchev–Trinajstić information content (AvgIpc) is 1.60. The Morgan fingerprint density at radius 2 is 0.647 bits per heavy atom. The van der Waals surface area contributed by atoms with Crippen LogP contribution in [0.2, 0.25) is 0 Å². The van der Waals surface area contributed by atoms with Gasteiger partial charge in [-0.2, -0.15) is 58.9 Å². The molecule has 0 bridgehead atoms. The van der Waals surface area contributed by atoms with Gasteiger partial charge in [0.05, 0.1) is 110 Å². The molecule has 0 spiro atoms. The van der Waals surface area contributed by atoms with E-state index in [0.717, 1.165) is 280 Å². The molecule has 0 saturated heterocycles. The maximum atomic E-state index is 11.4. The van der Waals surface area contributed by atoms with Crippen LogP contribution >= 0.6 is 0 Å². The van der Waals surface area contributed by atoms with Gasteiger partial charge in [0, 0.05) is 128 Å². The first-order chi connectivity index (χ1) is 66.2. The average molecular weight is 1810 g/mol. The Morgan fingerprint density at radius 3 is 1.00 bits per heavy atom. The number of fused-ring (bicyclic) bond motifs is 13. The third-order valence-corrected chi connectivity index (χ3v) is 28.3. The molecule has 4 aliphatic rings. The van der Waals surface area contributed by atoms with Crippen molar-refractivity contribution in [1.29, 1.82) is 0 Å². The molecule has 0 aliphatic heterocycles. The molecule has 24 rings (SSSR count). The minimum atomic E-state index is -0.698. The lowest BCUT2D eigenvalue weighted by Crippen LogP contribution is -2.22. The summed E-state index contributed by atoms with van der Waals surface area (Å²) in [5.41, 5.74) is 27.5. The summed E-state index contributed by atoms with van der Waals surface area (Å²) in [5, 5.41) is 92.8. The summed E-state index contributed by atoms with van der Waals surface area (Å²) in [6.45, 7) is 8.00. The van der Waals surface area contributed by atoms with Crippen molar-refractivity contribution in [2.75, 3.05) is 0 Å². The maximum absolute atomic E-state index is 11.4. The van der Waals surface area contributed by atoms with Crippen molar-refractivity contribution in [3.05, 3.63) is 247 Å². The van der Waals surface area contributed by atoms with Gasteiger partial charge >= 0.3 is 23.9 Å². The number of pyridine rings is 3. The number of benzene rings is 4. The van der Waals surface area contributed by atoms with E-state index in [-0.39, 0.29) is 35.5 Å². The van der Waals surface area contributed by atoms with Crippen molar-refractivity contribution in [2.45, 2.75) is 155 Å². The number of rotatable bonds is 17. The summed E-state index contributed by atoms with van der Waals surface area (Å²) in [7, 11) is 2.00. The molecule has 32 heteroatoms. The highest BCUT2D eigenvalue weighted by Gasteiger charge is 2.36. The second-order valence-corrected chi connectivity index (χ2v) is 36.9. The minimum absolute atomic E-state index is 0.195. The number of H-pyrrole nitrogens is 4. The number of aromatic nitrogens is 24. The van der Waals surface area contributed by atoms with Crippen LogP contribution in [0.25, 0.3) is 156 Å². The molecule has 0 radical (unpaired) electrons. The van der Waals surface area contributed by atoms with E-state index in [1.165, 1.54) is 10.8 Å². The highest BCUT2D eigenvalue weighted by molar-refractivity contribution is 5.94. The largest absolute Gasteiger partial charge is 0.481 e. The number of aromatic amines is 4. The first kappa shape index (κ1) is 86.8. The van der Waals surface area contributed by atoms with Gasteiger partial charge in [0.1, 0.15) is 0 Å². The Labute approximate surface area is 778 Å². The van der Waals surface area contributed by atoms with Gasteiger partial charge in [-0.05, 0) is 202 Å². The number of aliphatic carboxylic acids is 4. The van der Waals surface area contributed by atoms with Crippen molar-refractivity contribution in [3.8, 4) is 78.3 Å². The second-order valence-electron chi connectivity index (χ2n) is 36.9. The van der Waals surface area contributed by atoms with Crippen molar-refractivity contribution in [2.24, 2.45) is 42.6 Å². The van der Waals surface area contributed by atoms with Crippen molar-refractivity contribution in [3.63, 3.8) is 0 Å². The van der Waals surface area contributed by atoms with Crippen LogP contribution in [0.4, 0.5) is 0 Å². The monoisotopic (exact) mass is 1810 g/mol. The Kier molecular flexibility index (Phi) is 23.4. The quantitative estimate of drug-likeness (QED) is 0.0420. The molecule has 0 amide bonds. The van der Waals surface area contributed by atoms with Crippen LogP contribution in [0, 0.1) is 63.2 Å². The molecule has 8 N–H and O–H groups in total. The van der Waals surface area contributed by atoms with Crippen LogP contribution in [-0.4, -0.2) is 163 Å². The van der Waals surface area contributed by atoms with E-state index in [0.29, 0.717) is 37.5 Å². The zero-order chi connectivity index (χ0) is 93.1. The first-order valence-electron chi connectivity index (χ1n) is 46.7. The van der Waals surface area contributed by atoms with Gasteiger partial charge in [-0.3, -0.25) is 54.5 Å². The third kappa shape index (κ3) is 16.7. The SMILES string of the molecule is Cc1[nH]nc2c1c(C1CCC(C(=O)O)CC1)nc1c(-c3ccc(-c4ccccc4)nc3)cnn12.Cc1[nH]nc2c1c(C1CCC(C(=O)O)CC1)nc1c(-c3ccc4ccccc4c3)cnn12.Cc1[nH]nc2c1c(CC1CCC(C(=O)O)CC1)nc1c(-c3ccc(-c4ccccc4)nc3)cnn12.Cc1[nH]nc2c1c(CC1CCC(C(=O)O)CC1)nc1c(-c3ccc(-c4ccn(C)c4)nc3)cnn12. The van der Waals surface area contributed by atoms with Gasteiger partial charge in [0.25, 0.3) is 0 Å². The molecule has 4 fully saturated rings. The van der Waals surface area contributed by atoms with Crippen LogP contribution in [0.5, 0.6) is 0 Å². The highest BCUT2D eigenvalue weighted by atomic mass is 16.4. The number of hydrogen-bond acceptors (Lipinski definition) is 19. The number of carboxylic acids is 4. The molecule has 16 heterocycles. The summed E-state index contributed by atoms with van der Waals surface area (Å²) in [6.07, 6.45) is 31.1. The summed E-state index contributed by atoms with van der Waals surface area (Å²) in [5.74, 6) is -2.45. The highest BCUT2D eigenvalue weighted by Crippen LogP contribution is 2.45. The topological polar surface area (TPSA) is 428 Å². The second kappa shape index (κ2) is 36.6. The summed E-state index contributed by atoms with van der Waals surface area (Å²) >= 11 is 0. The molecule has 4 aliphatic carbocycles. The van der Waals surface area contributed by atoms with E-state index in [1.807, 2.05) is 203 Å². The fraction of sp³-hybridized carbons (Fsp3) is 0.298. The first-order valence-corrected chi connectivity index (χ1v) is 46.7. The molecule has 0 unspecified atom stereocenters. The predicted octanol–water partition coefficient (Wildman–Crippen LogP) is 19.6. The zero-order valence-corrected chi connectivity index (χ0v) is 75.8. The lowest BCUT2D eigenvalue weighted by molar-refractivity contribution is -0.144. The molecule has 136 heavy (non-hydrogen) atoms. The summed E-state index contributed by atoms with van der Waals surface area (Å²) in [4.78, 5) is 80.0. The van der Waals surface area contributed by atoms with E-state index in [1.54, 1.807) is 13.5 Å². The van der Waals surface area contributed by atoms with Crippen molar-refractivity contribution in [1.82, 2.24) is 119 Å². The number of aryl methyl sites for hydroxylation is 5. The van der Waals surface area contributed by atoms with Gasteiger partial charge in [0.2, 0.25) is 0 Å². The number of hydrogen-bond donors (Lipinski definition) is 8. The molecule has 16 aromatic heterocycles. The van der Waals surface area contributed by atoms with E-state index in [4.69, 9.17) is 19.9 Å². The minimum Gasteiger partial charge on any atom is -0.481 e. The zero-order valence-electron chi connectivity index (χ0n) is 75.8. The Hall–Kier alpha value is -15.9. The molecule has 32 nitrogen and oxygen atoms in total. The maximum Gasteiger partial charge on any atom is 0.306 e. The molecular weight excluding hydrogens is 1710 g/mol. The molecule has 684 valence electrons. The van der Waals surface area contributed by atoms with E-state index >= 15 is 0 Å². The summed E-state index contributed by atoms with van der Waals surface area (Å²) < 4.78 is 9.20. The van der Waals surface area contributed by atoms with E-state index in [2.05, 4.69) is 119 Å². The lowest BCUT2D eigenvalue weighted by Gasteiger charge is -2.26.